The molecule has 106 valence electrons. The van der Waals surface area contributed by atoms with E-state index in [9.17, 15) is 8.42 Å². The van der Waals surface area contributed by atoms with Gasteiger partial charge in [0.05, 0.1) is 18.3 Å². The van der Waals surface area contributed by atoms with Gasteiger partial charge in [-0.2, -0.15) is 0 Å². The standard InChI is InChI=1S/C13H20N2O3S/c1-14-19(16,17)13-6-4-3-5-11(13)15-12(9-18-2)10-7-8-10/h3-6,10,12,14-15H,7-9H2,1-2H3. The maximum Gasteiger partial charge on any atom is 0.242 e. The predicted octanol–water partition coefficient (Wildman–Crippen LogP) is 1.43. The molecule has 1 unspecified atom stereocenters. The molecule has 6 heteroatoms. The van der Waals surface area contributed by atoms with Gasteiger partial charge in [0.1, 0.15) is 4.90 Å². The summed E-state index contributed by atoms with van der Waals surface area (Å²) >= 11 is 0. The van der Waals surface area contributed by atoms with Gasteiger partial charge in [0, 0.05) is 7.11 Å². The monoisotopic (exact) mass is 284 g/mol. The molecule has 0 radical (unpaired) electrons. The second kappa shape index (κ2) is 5.90. The first-order chi connectivity index (χ1) is 9.08. The average Bonchev–Trinajstić information content (AvgIpc) is 3.23. The lowest BCUT2D eigenvalue weighted by Crippen LogP contribution is -2.29. The molecule has 2 N–H and O–H groups in total. The van der Waals surface area contributed by atoms with Gasteiger partial charge in [-0.05, 0) is 37.9 Å². The van der Waals surface area contributed by atoms with E-state index in [4.69, 9.17) is 4.74 Å². The molecule has 1 aromatic rings. The third-order valence-corrected chi connectivity index (χ3v) is 4.80. The minimum Gasteiger partial charge on any atom is -0.383 e. The molecular weight excluding hydrogens is 264 g/mol. The molecule has 0 aliphatic heterocycles. The molecule has 0 spiro atoms. The summed E-state index contributed by atoms with van der Waals surface area (Å²) in [5.74, 6) is 0.574. The van der Waals surface area contributed by atoms with Crippen LogP contribution < -0.4 is 10.0 Å². The maximum atomic E-state index is 12.0. The van der Waals surface area contributed by atoms with E-state index in [0.29, 0.717) is 18.2 Å². The zero-order valence-corrected chi connectivity index (χ0v) is 12.0. The number of methoxy groups -OCH3 is 1. The quantitative estimate of drug-likeness (QED) is 0.795. The molecule has 0 aromatic heterocycles. The molecule has 1 saturated carbocycles. The predicted molar refractivity (Wildman–Crippen MR) is 74.7 cm³/mol. The highest BCUT2D eigenvalue weighted by molar-refractivity contribution is 7.89. The van der Waals surface area contributed by atoms with E-state index in [-0.39, 0.29) is 10.9 Å². The normalized spacial score (nSPS) is 17.2. The van der Waals surface area contributed by atoms with Gasteiger partial charge in [0.2, 0.25) is 10.0 Å². The summed E-state index contributed by atoms with van der Waals surface area (Å²) in [6.07, 6.45) is 2.34. The van der Waals surface area contributed by atoms with Crippen LogP contribution in [-0.2, 0) is 14.8 Å². The van der Waals surface area contributed by atoms with Crippen LogP contribution in [0.4, 0.5) is 5.69 Å². The molecule has 0 heterocycles. The van der Waals surface area contributed by atoms with Crippen molar-refractivity contribution in [2.24, 2.45) is 5.92 Å². The van der Waals surface area contributed by atoms with Crippen molar-refractivity contribution in [1.82, 2.24) is 4.72 Å². The first-order valence-corrected chi connectivity index (χ1v) is 7.85. The Hall–Kier alpha value is -1.11. The summed E-state index contributed by atoms with van der Waals surface area (Å²) in [6.45, 7) is 0.582. The SMILES string of the molecule is CNS(=O)(=O)c1ccccc1NC(COC)C1CC1. The summed E-state index contributed by atoms with van der Waals surface area (Å²) < 4.78 is 31.5. The Kier molecular flexibility index (Phi) is 4.44. The molecule has 1 aromatic carbocycles. The van der Waals surface area contributed by atoms with Crippen molar-refractivity contribution < 1.29 is 13.2 Å². The molecule has 19 heavy (non-hydrogen) atoms. The van der Waals surface area contributed by atoms with Gasteiger partial charge in [0.15, 0.2) is 0 Å². The number of hydrogen-bond acceptors (Lipinski definition) is 4. The molecule has 2 rings (SSSR count). The fourth-order valence-corrected chi connectivity index (χ4v) is 3.00. The van der Waals surface area contributed by atoms with Gasteiger partial charge in [-0.3, -0.25) is 0 Å². The second-order valence-electron chi connectivity index (χ2n) is 4.75. The van der Waals surface area contributed by atoms with Crippen molar-refractivity contribution >= 4 is 15.7 Å². The number of rotatable bonds is 7. The van der Waals surface area contributed by atoms with Crippen molar-refractivity contribution in [2.75, 3.05) is 26.1 Å². The Bertz CT molecular complexity index is 526. The number of ether oxygens (including phenoxy) is 1. The second-order valence-corrected chi connectivity index (χ2v) is 6.60. The van der Waals surface area contributed by atoms with Gasteiger partial charge in [-0.15, -0.1) is 0 Å². The fourth-order valence-electron chi connectivity index (χ4n) is 2.10. The van der Waals surface area contributed by atoms with E-state index in [1.165, 1.54) is 19.9 Å². The van der Waals surface area contributed by atoms with Gasteiger partial charge in [-0.1, -0.05) is 12.1 Å². The van der Waals surface area contributed by atoms with Crippen molar-refractivity contribution in [3.63, 3.8) is 0 Å². The average molecular weight is 284 g/mol. The smallest absolute Gasteiger partial charge is 0.242 e. The lowest BCUT2D eigenvalue weighted by Gasteiger charge is -2.20. The van der Waals surface area contributed by atoms with E-state index in [1.54, 1.807) is 25.3 Å². The minimum absolute atomic E-state index is 0.165. The minimum atomic E-state index is -3.45. The van der Waals surface area contributed by atoms with Crippen LogP contribution >= 0.6 is 0 Å². The van der Waals surface area contributed by atoms with Crippen LogP contribution in [0.25, 0.3) is 0 Å². The zero-order valence-electron chi connectivity index (χ0n) is 11.2. The summed E-state index contributed by atoms with van der Waals surface area (Å²) in [5.41, 5.74) is 0.630. The molecule has 1 aliphatic carbocycles. The Labute approximate surface area is 114 Å². The third-order valence-electron chi connectivity index (χ3n) is 3.32. The van der Waals surface area contributed by atoms with E-state index in [1.807, 2.05) is 6.07 Å². The third kappa shape index (κ3) is 3.46. The van der Waals surface area contributed by atoms with Gasteiger partial charge in [-0.25, -0.2) is 13.1 Å². The molecule has 0 bridgehead atoms. The van der Waals surface area contributed by atoms with Crippen molar-refractivity contribution in [2.45, 2.75) is 23.8 Å². The van der Waals surface area contributed by atoms with Gasteiger partial charge < -0.3 is 10.1 Å². The summed E-state index contributed by atoms with van der Waals surface area (Å²) in [7, 11) is -0.372. The lowest BCUT2D eigenvalue weighted by molar-refractivity contribution is 0.179. The van der Waals surface area contributed by atoms with Crippen LogP contribution in [0.15, 0.2) is 29.2 Å². The van der Waals surface area contributed by atoms with Gasteiger partial charge >= 0.3 is 0 Å². The van der Waals surface area contributed by atoms with Crippen LogP contribution in [0.1, 0.15) is 12.8 Å². The molecule has 1 atom stereocenters. The Balaban J connectivity index is 2.24. The number of para-hydroxylation sites is 1. The Morgan fingerprint density at radius 1 is 1.37 bits per heavy atom. The van der Waals surface area contributed by atoms with E-state index < -0.39 is 10.0 Å². The van der Waals surface area contributed by atoms with E-state index in [0.717, 1.165) is 0 Å². The highest BCUT2D eigenvalue weighted by Crippen LogP contribution is 2.35. The summed E-state index contributed by atoms with van der Waals surface area (Å²) in [6, 6.07) is 7.10. The van der Waals surface area contributed by atoms with Crippen LogP contribution in [0.5, 0.6) is 0 Å². The Morgan fingerprint density at radius 3 is 2.63 bits per heavy atom. The maximum absolute atomic E-state index is 12.0. The largest absolute Gasteiger partial charge is 0.383 e. The highest BCUT2D eigenvalue weighted by atomic mass is 32.2. The van der Waals surface area contributed by atoms with Crippen LogP contribution in [0.2, 0.25) is 0 Å². The molecule has 1 fully saturated rings. The van der Waals surface area contributed by atoms with Crippen LogP contribution in [0.3, 0.4) is 0 Å². The molecule has 0 amide bonds. The first kappa shape index (κ1) is 14.3. The highest BCUT2D eigenvalue weighted by Gasteiger charge is 2.32. The van der Waals surface area contributed by atoms with Crippen LogP contribution in [0, 0.1) is 5.92 Å². The van der Waals surface area contributed by atoms with Crippen molar-refractivity contribution in [3.8, 4) is 0 Å². The fraction of sp³-hybridized carbons (Fsp3) is 0.538. The molecular formula is C13H20N2O3S. The number of anilines is 1. The number of sulfonamides is 1. The summed E-state index contributed by atoms with van der Waals surface area (Å²) in [5, 5.41) is 3.31. The molecule has 5 nitrogen and oxygen atoms in total. The van der Waals surface area contributed by atoms with Crippen molar-refractivity contribution in [1.29, 1.82) is 0 Å². The summed E-state index contributed by atoms with van der Waals surface area (Å²) in [4.78, 5) is 0.277. The van der Waals surface area contributed by atoms with E-state index >= 15 is 0 Å². The number of nitrogens with one attached hydrogen (secondary N) is 2. The van der Waals surface area contributed by atoms with E-state index in [2.05, 4.69) is 10.0 Å². The molecule has 0 saturated heterocycles. The van der Waals surface area contributed by atoms with Crippen molar-refractivity contribution in [3.05, 3.63) is 24.3 Å². The number of benzene rings is 1. The topological polar surface area (TPSA) is 67.4 Å². The van der Waals surface area contributed by atoms with Gasteiger partial charge in [0.25, 0.3) is 0 Å². The first-order valence-electron chi connectivity index (χ1n) is 6.36. The van der Waals surface area contributed by atoms with Crippen LogP contribution in [-0.4, -0.2) is 35.2 Å². The Morgan fingerprint density at radius 2 is 2.05 bits per heavy atom. The lowest BCUT2D eigenvalue weighted by atomic mass is 10.2. The molecule has 1 aliphatic rings. The zero-order chi connectivity index (χ0) is 13.9. The number of hydrogen-bond donors (Lipinski definition) is 2.